The third kappa shape index (κ3) is 3.93. The number of hydrogen-bond donors (Lipinski definition) is 1. The zero-order chi connectivity index (χ0) is 18.5. The predicted octanol–water partition coefficient (Wildman–Crippen LogP) is 5.41. The van der Waals surface area contributed by atoms with E-state index < -0.39 is 0 Å². The lowest BCUT2D eigenvalue weighted by Crippen LogP contribution is -1.92. The number of thiazole rings is 1. The van der Waals surface area contributed by atoms with E-state index >= 15 is 0 Å². The van der Waals surface area contributed by atoms with Crippen LogP contribution >= 0.6 is 11.3 Å². The van der Waals surface area contributed by atoms with Crippen molar-refractivity contribution < 1.29 is 4.74 Å². The van der Waals surface area contributed by atoms with Crippen molar-refractivity contribution in [1.82, 2.24) is 4.98 Å². The molecular weight excluding hydrogens is 342 g/mol. The van der Waals surface area contributed by atoms with E-state index in [9.17, 15) is 5.26 Å². The van der Waals surface area contributed by atoms with Crippen molar-refractivity contribution in [3.05, 3.63) is 70.2 Å². The highest BCUT2D eigenvalue weighted by Gasteiger charge is 2.09. The maximum Gasteiger partial charge on any atom is 0.136 e. The van der Waals surface area contributed by atoms with E-state index in [1.807, 2.05) is 29.6 Å². The fourth-order valence-corrected chi connectivity index (χ4v) is 3.24. The minimum atomic E-state index is 0.493. The maximum atomic E-state index is 9.50. The van der Waals surface area contributed by atoms with Crippen LogP contribution in [0.25, 0.3) is 16.8 Å². The van der Waals surface area contributed by atoms with Crippen LogP contribution in [0.3, 0.4) is 0 Å². The molecule has 3 rings (SSSR count). The summed E-state index contributed by atoms with van der Waals surface area (Å²) in [5.74, 6) is 0.758. The van der Waals surface area contributed by atoms with Crippen molar-refractivity contribution in [2.24, 2.45) is 0 Å². The van der Waals surface area contributed by atoms with E-state index in [2.05, 4.69) is 48.4 Å². The first-order chi connectivity index (χ1) is 12.6. The summed E-state index contributed by atoms with van der Waals surface area (Å²) in [6, 6.07) is 16.0. The molecule has 0 radical (unpaired) electrons. The van der Waals surface area contributed by atoms with Gasteiger partial charge in [-0.25, -0.2) is 4.98 Å². The topological polar surface area (TPSA) is 57.9 Å². The number of aromatic nitrogens is 1. The Labute approximate surface area is 157 Å². The first kappa shape index (κ1) is 17.7. The van der Waals surface area contributed by atoms with Crippen LogP contribution in [-0.2, 0) is 0 Å². The Balaban J connectivity index is 1.83. The maximum absolute atomic E-state index is 9.50. The molecule has 0 saturated heterocycles. The fraction of sp³-hybridized carbons (Fsp3) is 0.143. The highest BCUT2D eigenvalue weighted by molar-refractivity contribution is 7.11. The van der Waals surface area contributed by atoms with Crippen LogP contribution < -0.4 is 10.1 Å². The molecule has 0 atom stereocenters. The molecule has 5 heteroatoms. The van der Waals surface area contributed by atoms with Gasteiger partial charge in [-0.05, 0) is 43.2 Å². The summed E-state index contributed by atoms with van der Waals surface area (Å²) in [6.07, 6.45) is 1.68. The molecule has 2 aromatic carbocycles. The Bertz CT molecular complexity index is 998. The summed E-state index contributed by atoms with van der Waals surface area (Å²) < 4.78 is 5.21. The van der Waals surface area contributed by atoms with Crippen LogP contribution in [0.4, 0.5) is 5.69 Å². The molecule has 3 aromatic rings. The molecule has 1 aromatic heterocycles. The smallest absolute Gasteiger partial charge is 0.136 e. The van der Waals surface area contributed by atoms with Crippen LogP contribution in [0.2, 0.25) is 0 Å². The minimum absolute atomic E-state index is 0.493. The normalized spacial score (nSPS) is 11.1. The number of nitrogens with one attached hydrogen (secondary N) is 1. The number of rotatable bonds is 5. The number of methoxy groups -OCH3 is 1. The molecule has 0 fully saturated rings. The van der Waals surface area contributed by atoms with Crippen LogP contribution in [0, 0.1) is 25.2 Å². The molecule has 4 nitrogen and oxygen atoms in total. The summed E-state index contributed by atoms with van der Waals surface area (Å²) >= 11 is 1.46. The number of aryl methyl sites for hydroxylation is 2. The number of anilines is 1. The Hall–Kier alpha value is -3.10. The first-order valence-corrected chi connectivity index (χ1v) is 9.03. The van der Waals surface area contributed by atoms with Gasteiger partial charge in [0, 0.05) is 28.9 Å². The van der Waals surface area contributed by atoms with Gasteiger partial charge < -0.3 is 10.1 Å². The average molecular weight is 361 g/mol. The molecular formula is C21H19N3OS. The van der Waals surface area contributed by atoms with Crippen molar-refractivity contribution in [2.75, 3.05) is 12.4 Å². The zero-order valence-electron chi connectivity index (χ0n) is 14.9. The average Bonchev–Trinajstić information content (AvgIpc) is 3.14. The van der Waals surface area contributed by atoms with E-state index in [1.54, 1.807) is 13.3 Å². The van der Waals surface area contributed by atoms with Crippen molar-refractivity contribution in [2.45, 2.75) is 13.8 Å². The van der Waals surface area contributed by atoms with Gasteiger partial charge in [0.05, 0.1) is 12.8 Å². The summed E-state index contributed by atoms with van der Waals surface area (Å²) in [6.45, 7) is 4.18. The quantitative estimate of drug-likeness (QED) is 0.617. The third-order valence-corrected chi connectivity index (χ3v) is 4.99. The number of nitriles is 1. The van der Waals surface area contributed by atoms with Gasteiger partial charge in [-0.1, -0.05) is 18.2 Å². The third-order valence-electron chi connectivity index (χ3n) is 4.11. The number of ether oxygens (including phenoxy) is 1. The van der Waals surface area contributed by atoms with Gasteiger partial charge in [0.2, 0.25) is 0 Å². The fourth-order valence-electron chi connectivity index (χ4n) is 2.44. The summed E-state index contributed by atoms with van der Waals surface area (Å²) in [7, 11) is 1.62. The second kappa shape index (κ2) is 7.85. The number of hydrogen-bond acceptors (Lipinski definition) is 5. The van der Waals surface area contributed by atoms with Crippen LogP contribution in [0.1, 0.15) is 16.1 Å². The Morgan fingerprint density at radius 3 is 2.77 bits per heavy atom. The molecule has 0 aliphatic rings. The van der Waals surface area contributed by atoms with Crippen LogP contribution in [0.5, 0.6) is 5.75 Å². The van der Waals surface area contributed by atoms with Gasteiger partial charge in [0.1, 0.15) is 22.4 Å². The van der Waals surface area contributed by atoms with E-state index in [4.69, 9.17) is 4.74 Å². The summed E-state index contributed by atoms with van der Waals surface area (Å²) in [5.41, 5.74) is 5.78. The Kier molecular flexibility index (Phi) is 5.35. The summed E-state index contributed by atoms with van der Waals surface area (Å²) in [5, 5.41) is 15.3. The van der Waals surface area contributed by atoms with Gasteiger partial charge in [0.25, 0.3) is 0 Å². The molecule has 1 N–H and O–H groups in total. The molecule has 0 aliphatic heterocycles. The molecule has 0 amide bonds. The largest absolute Gasteiger partial charge is 0.497 e. The molecule has 130 valence electrons. The SMILES string of the molecule is COc1cccc(N/C=C(\C#N)c2nc(-c3ccc(C)c(C)c3)cs2)c1. The number of nitrogens with zero attached hydrogens (tertiary/aromatic N) is 2. The lowest BCUT2D eigenvalue weighted by Gasteiger charge is -2.04. The standard InChI is InChI=1S/C21H19N3OS/c1-14-7-8-16(9-15(14)2)20-13-26-21(24-20)17(11-22)12-23-18-5-4-6-19(10-18)25-3/h4-10,12-13,23H,1-3H3/b17-12+. The molecule has 0 aliphatic carbocycles. The van der Waals surface area contributed by atoms with Gasteiger partial charge >= 0.3 is 0 Å². The second-order valence-electron chi connectivity index (χ2n) is 5.88. The summed E-state index contributed by atoms with van der Waals surface area (Å²) in [4.78, 5) is 4.63. The van der Waals surface area contributed by atoms with Gasteiger partial charge in [-0.2, -0.15) is 5.26 Å². The zero-order valence-corrected chi connectivity index (χ0v) is 15.7. The number of allylic oxidation sites excluding steroid dienone is 1. The highest BCUT2D eigenvalue weighted by Crippen LogP contribution is 2.27. The Morgan fingerprint density at radius 2 is 2.04 bits per heavy atom. The highest BCUT2D eigenvalue weighted by atomic mass is 32.1. The predicted molar refractivity (Wildman–Crippen MR) is 107 cm³/mol. The van der Waals surface area contributed by atoms with Crippen molar-refractivity contribution in [1.29, 1.82) is 5.26 Å². The lowest BCUT2D eigenvalue weighted by atomic mass is 10.1. The monoisotopic (exact) mass is 361 g/mol. The van der Waals surface area contributed by atoms with Crippen molar-refractivity contribution in [3.63, 3.8) is 0 Å². The lowest BCUT2D eigenvalue weighted by molar-refractivity contribution is 0.415. The molecule has 1 heterocycles. The van der Waals surface area contributed by atoms with Crippen LogP contribution in [-0.4, -0.2) is 12.1 Å². The molecule has 0 unspecified atom stereocenters. The molecule has 0 spiro atoms. The van der Waals surface area contributed by atoms with E-state index in [0.29, 0.717) is 10.6 Å². The van der Waals surface area contributed by atoms with Crippen molar-refractivity contribution in [3.8, 4) is 23.1 Å². The molecule has 26 heavy (non-hydrogen) atoms. The Morgan fingerprint density at radius 1 is 1.19 bits per heavy atom. The minimum Gasteiger partial charge on any atom is -0.497 e. The second-order valence-corrected chi connectivity index (χ2v) is 6.74. The molecule has 0 saturated carbocycles. The number of benzene rings is 2. The van der Waals surface area contributed by atoms with Gasteiger partial charge in [-0.15, -0.1) is 11.3 Å². The van der Waals surface area contributed by atoms with E-state index in [1.165, 1.54) is 22.5 Å². The molecule has 0 bridgehead atoms. The van der Waals surface area contributed by atoms with Crippen molar-refractivity contribution >= 4 is 22.6 Å². The van der Waals surface area contributed by atoms with Gasteiger partial charge in [0.15, 0.2) is 0 Å². The van der Waals surface area contributed by atoms with E-state index in [-0.39, 0.29) is 0 Å². The van der Waals surface area contributed by atoms with Crippen LogP contribution in [0.15, 0.2) is 54.0 Å². The van der Waals surface area contributed by atoms with E-state index in [0.717, 1.165) is 22.7 Å². The van der Waals surface area contributed by atoms with Gasteiger partial charge in [-0.3, -0.25) is 0 Å². The first-order valence-electron chi connectivity index (χ1n) is 8.15.